The van der Waals surface area contributed by atoms with Gasteiger partial charge in [-0.1, -0.05) is 35.9 Å². The molecule has 1 aliphatic rings. The monoisotopic (exact) mass is 456 g/mol. The first-order valence-electron chi connectivity index (χ1n) is 10.2. The van der Waals surface area contributed by atoms with Crippen LogP contribution in [0.25, 0.3) is 10.9 Å². The largest absolute Gasteiger partial charge is 0.495 e. The van der Waals surface area contributed by atoms with Crippen LogP contribution >= 0.6 is 11.6 Å². The molecule has 0 unspecified atom stereocenters. The van der Waals surface area contributed by atoms with Crippen molar-refractivity contribution in [1.82, 2.24) is 9.88 Å². The van der Waals surface area contributed by atoms with E-state index in [1.54, 1.807) is 49.8 Å². The van der Waals surface area contributed by atoms with E-state index in [-0.39, 0.29) is 5.91 Å². The number of ether oxygens (including phenoxy) is 2. The number of aliphatic carboxylic acids is 1. The van der Waals surface area contributed by atoms with Gasteiger partial charge in [0.2, 0.25) is 0 Å². The molecule has 0 atom stereocenters. The molecule has 2 aromatic carbocycles. The third-order valence-electron chi connectivity index (χ3n) is 6.32. The smallest absolute Gasteiger partial charge is 0.313 e. The lowest BCUT2D eigenvalue weighted by molar-refractivity contribution is -0.142. The van der Waals surface area contributed by atoms with Crippen molar-refractivity contribution in [3.8, 4) is 5.75 Å². The molecule has 0 radical (unpaired) electrons. The fourth-order valence-corrected chi connectivity index (χ4v) is 4.25. The average molecular weight is 457 g/mol. The van der Waals surface area contributed by atoms with Gasteiger partial charge in [0.15, 0.2) is 0 Å². The Hall–Kier alpha value is -3.03. The van der Waals surface area contributed by atoms with Gasteiger partial charge < -0.3 is 24.5 Å². The van der Waals surface area contributed by atoms with Crippen LogP contribution in [0.15, 0.2) is 42.5 Å². The Labute approximate surface area is 190 Å². The summed E-state index contributed by atoms with van der Waals surface area (Å²) in [6.07, 6.45) is 0. The highest BCUT2D eigenvalue weighted by atomic mass is 35.5. The number of aryl methyl sites for hydroxylation is 1. The SMILES string of the molecule is COc1ccc2c(cc(C(=O)NC3(c4ccc(C(C)(C)C(=O)O)cc4)COC3)n2C)c1Cl. The standard InChI is InChI=1S/C24H25ClN2O5/c1-23(2,22(29)30)14-5-7-15(8-6-14)24(12-32-13-24)26-21(28)18-11-16-17(27(18)3)9-10-19(31-4)20(16)25/h5-11H,12-13H2,1-4H3,(H,26,28)(H,29,30). The number of fused-ring (bicyclic) bond motifs is 1. The number of halogens is 1. The second-order valence-corrected chi connectivity index (χ2v) is 9.02. The summed E-state index contributed by atoms with van der Waals surface area (Å²) in [7, 11) is 3.36. The number of nitrogens with one attached hydrogen (secondary N) is 1. The van der Waals surface area contributed by atoms with Crippen molar-refractivity contribution < 1.29 is 24.2 Å². The number of carboxylic acid groups (broad SMARTS) is 1. The lowest BCUT2D eigenvalue weighted by atomic mass is 9.81. The predicted octanol–water partition coefficient (Wildman–Crippen LogP) is 3.86. The molecule has 1 aliphatic heterocycles. The zero-order valence-corrected chi connectivity index (χ0v) is 19.1. The number of carboxylic acids is 1. The molecule has 1 amide bonds. The van der Waals surface area contributed by atoms with Crippen molar-refractivity contribution >= 4 is 34.4 Å². The van der Waals surface area contributed by atoms with Crippen LogP contribution in [0.3, 0.4) is 0 Å². The molecule has 0 spiro atoms. The van der Waals surface area contributed by atoms with Crippen LogP contribution in [0, 0.1) is 0 Å². The molecule has 0 aliphatic carbocycles. The molecule has 8 heteroatoms. The second-order valence-electron chi connectivity index (χ2n) is 8.64. The van der Waals surface area contributed by atoms with Crippen molar-refractivity contribution in [2.75, 3.05) is 20.3 Å². The highest BCUT2D eigenvalue weighted by Gasteiger charge is 2.42. The maximum absolute atomic E-state index is 13.3. The van der Waals surface area contributed by atoms with Crippen molar-refractivity contribution in [3.05, 3.63) is 64.3 Å². The zero-order valence-electron chi connectivity index (χ0n) is 18.4. The van der Waals surface area contributed by atoms with E-state index in [9.17, 15) is 14.7 Å². The summed E-state index contributed by atoms with van der Waals surface area (Å²) < 4.78 is 12.5. The van der Waals surface area contributed by atoms with Gasteiger partial charge in [0, 0.05) is 12.4 Å². The average Bonchev–Trinajstić information content (AvgIpc) is 3.08. The van der Waals surface area contributed by atoms with Crippen LogP contribution < -0.4 is 10.1 Å². The quantitative estimate of drug-likeness (QED) is 0.588. The number of rotatable bonds is 6. The third-order valence-corrected chi connectivity index (χ3v) is 6.71. The van der Waals surface area contributed by atoms with E-state index < -0.39 is 16.9 Å². The number of aromatic nitrogens is 1. The van der Waals surface area contributed by atoms with Gasteiger partial charge in [0.05, 0.1) is 36.3 Å². The topological polar surface area (TPSA) is 89.8 Å². The molecule has 168 valence electrons. The lowest BCUT2D eigenvalue weighted by Crippen LogP contribution is -2.59. The molecule has 7 nitrogen and oxygen atoms in total. The molecule has 0 bridgehead atoms. The second kappa shape index (κ2) is 7.83. The molecule has 1 aromatic heterocycles. The van der Waals surface area contributed by atoms with Crippen LogP contribution in [0.2, 0.25) is 5.02 Å². The van der Waals surface area contributed by atoms with Gasteiger partial charge in [-0.2, -0.15) is 0 Å². The number of carbonyl (C=O) groups excluding carboxylic acids is 1. The van der Waals surface area contributed by atoms with Crippen LogP contribution in [-0.2, 0) is 27.5 Å². The first-order valence-corrected chi connectivity index (χ1v) is 10.5. The van der Waals surface area contributed by atoms with E-state index in [1.165, 1.54) is 0 Å². The molecule has 2 N–H and O–H groups in total. The number of methoxy groups -OCH3 is 1. The van der Waals surface area contributed by atoms with E-state index in [4.69, 9.17) is 21.1 Å². The molecular formula is C24H25ClN2O5. The summed E-state index contributed by atoms with van der Waals surface area (Å²) in [6, 6.07) is 12.7. The Morgan fingerprint density at radius 1 is 1.19 bits per heavy atom. The van der Waals surface area contributed by atoms with E-state index in [2.05, 4.69) is 5.32 Å². The minimum absolute atomic E-state index is 0.253. The van der Waals surface area contributed by atoms with Crippen LogP contribution in [0.5, 0.6) is 5.75 Å². The van der Waals surface area contributed by atoms with Crippen LogP contribution in [0.1, 0.15) is 35.5 Å². The fraction of sp³-hybridized carbons (Fsp3) is 0.333. The normalized spacial score (nSPS) is 15.3. The van der Waals surface area contributed by atoms with Crippen molar-refractivity contribution in [3.63, 3.8) is 0 Å². The Morgan fingerprint density at radius 3 is 2.38 bits per heavy atom. The minimum atomic E-state index is -1.01. The molecule has 4 rings (SSSR count). The first-order chi connectivity index (χ1) is 15.1. The Morgan fingerprint density at radius 2 is 1.84 bits per heavy atom. The number of nitrogens with zero attached hydrogens (tertiary/aromatic N) is 1. The van der Waals surface area contributed by atoms with Crippen LogP contribution in [-0.4, -0.2) is 41.9 Å². The highest BCUT2D eigenvalue weighted by Crippen LogP contribution is 2.36. The van der Waals surface area contributed by atoms with Gasteiger partial charge in [0.25, 0.3) is 5.91 Å². The van der Waals surface area contributed by atoms with Crippen LogP contribution in [0.4, 0.5) is 0 Å². The van der Waals surface area contributed by atoms with E-state index in [0.29, 0.717) is 35.2 Å². The summed E-state index contributed by atoms with van der Waals surface area (Å²) >= 11 is 6.44. The summed E-state index contributed by atoms with van der Waals surface area (Å²) in [5.41, 5.74) is 1.15. The van der Waals surface area contributed by atoms with E-state index in [0.717, 1.165) is 16.5 Å². The van der Waals surface area contributed by atoms with E-state index in [1.807, 2.05) is 25.2 Å². The van der Waals surface area contributed by atoms with Gasteiger partial charge in [-0.15, -0.1) is 0 Å². The van der Waals surface area contributed by atoms with Crippen molar-refractivity contribution in [1.29, 1.82) is 0 Å². The first kappa shape index (κ1) is 22.2. The molecule has 3 aromatic rings. The molecule has 1 saturated heterocycles. The Bertz CT molecular complexity index is 1210. The number of carbonyl (C=O) groups is 2. The third kappa shape index (κ3) is 3.42. The number of hydrogen-bond donors (Lipinski definition) is 2. The highest BCUT2D eigenvalue weighted by molar-refractivity contribution is 6.37. The molecule has 1 fully saturated rings. The summed E-state index contributed by atoms with van der Waals surface area (Å²) in [5.74, 6) is -0.603. The fourth-order valence-electron chi connectivity index (χ4n) is 3.96. The number of hydrogen-bond acceptors (Lipinski definition) is 4. The number of amides is 1. The maximum Gasteiger partial charge on any atom is 0.313 e. The summed E-state index contributed by atoms with van der Waals surface area (Å²) in [5, 5.41) is 13.8. The maximum atomic E-state index is 13.3. The summed E-state index contributed by atoms with van der Waals surface area (Å²) in [4.78, 5) is 24.8. The zero-order chi connectivity index (χ0) is 23.3. The molecule has 2 heterocycles. The van der Waals surface area contributed by atoms with Gasteiger partial charge in [-0.25, -0.2) is 0 Å². The molecule has 0 saturated carbocycles. The van der Waals surface area contributed by atoms with Gasteiger partial charge in [-0.05, 0) is 43.2 Å². The lowest BCUT2D eigenvalue weighted by Gasteiger charge is -2.42. The Balaban J connectivity index is 1.64. The predicted molar refractivity (Wildman–Crippen MR) is 122 cm³/mol. The minimum Gasteiger partial charge on any atom is -0.495 e. The van der Waals surface area contributed by atoms with Gasteiger partial charge in [0.1, 0.15) is 17.0 Å². The Kier molecular flexibility index (Phi) is 5.43. The van der Waals surface area contributed by atoms with Gasteiger partial charge >= 0.3 is 5.97 Å². The van der Waals surface area contributed by atoms with Gasteiger partial charge in [-0.3, -0.25) is 9.59 Å². The molecule has 32 heavy (non-hydrogen) atoms. The van der Waals surface area contributed by atoms with Crippen molar-refractivity contribution in [2.24, 2.45) is 7.05 Å². The molecular weight excluding hydrogens is 432 g/mol. The van der Waals surface area contributed by atoms with Crippen molar-refractivity contribution in [2.45, 2.75) is 24.8 Å². The summed E-state index contributed by atoms with van der Waals surface area (Å²) in [6.45, 7) is 3.99. The number of benzene rings is 2. The van der Waals surface area contributed by atoms with E-state index >= 15 is 0 Å².